The summed E-state index contributed by atoms with van der Waals surface area (Å²) in [7, 11) is 0. The summed E-state index contributed by atoms with van der Waals surface area (Å²) in [5.74, 6) is -1.70. The minimum atomic E-state index is -1.20. The van der Waals surface area contributed by atoms with Gasteiger partial charge in [-0.25, -0.2) is 4.79 Å². The molecule has 90 valence electrons. The average molecular weight is 236 g/mol. The van der Waals surface area contributed by atoms with Gasteiger partial charge in [0.25, 0.3) is 11.5 Å². The second-order valence-electron chi connectivity index (χ2n) is 4.11. The maximum absolute atomic E-state index is 11.8. The number of carbonyl (C=O) groups is 2. The number of carbonyl (C=O) groups excluding carboxylic acids is 1. The maximum atomic E-state index is 11.8. The molecule has 1 aliphatic carbocycles. The Balaban J connectivity index is 2.20. The molecule has 0 aliphatic heterocycles. The van der Waals surface area contributed by atoms with E-state index in [1.54, 1.807) is 0 Å². The van der Waals surface area contributed by atoms with E-state index in [1.807, 2.05) is 0 Å². The number of hydrogen-bond donors (Lipinski definition) is 3. The summed E-state index contributed by atoms with van der Waals surface area (Å²) in [6, 6.07) is 2.88. The number of hydrogen-bond acceptors (Lipinski definition) is 3. The molecule has 0 aromatic carbocycles. The molecule has 0 unspecified atom stereocenters. The van der Waals surface area contributed by atoms with Crippen LogP contribution in [0.4, 0.5) is 0 Å². The fourth-order valence-corrected chi connectivity index (χ4v) is 1.81. The standard InChI is InChI=1S/C11H12N2O4/c14-8-7(3-1-6-12-8)9(15)13-11(10(16)17)4-2-5-11/h1,3,6H,2,4-5H2,(H,12,14)(H,13,15)(H,16,17). The van der Waals surface area contributed by atoms with Crippen molar-refractivity contribution in [2.75, 3.05) is 0 Å². The first kappa shape index (κ1) is 11.4. The summed E-state index contributed by atoms with van der Waals surface area (Å²) in [5, 5.41) is 11.5. The molecular formula is C11H12N2O4. The summed E-state index contributed by atoms with van der Waals surface area (Å²) in [6.45, 7) is 0. The van der Waals surface area contributed by atoms with Gasteiger partial charge in [0.2, 0.25) is 0 Å². The van der Waals surface area contributed by atoms with Crippen molar-refractivity contribution < 1.29 is 14.7 Å². The highest BCUT2D eigenvalue weighted by atomic mass is 16.4. The van der Waals surface area contributed by atoms with Crippen molar-refractivity contribution in [1.82, 2.24) is 10.3 Å². The topological polar surface area (TPSA) is 99.3 Å². The van der Waals surface area contributed by atoms with Gasteiger partial charge >= 0.3 is 5.97 Å². The maximum Gasteiger partial charge on any atom is 0.329 e. The number of nitrogens with one attached hydrogen (secondary N) is 2. The number of amides is 1. The van der Waals surface area contributed by atoms with Crippen LogP contribution in [0.15, 0.2) is 23.1 Å². The Kier molecular flexibility index (Phi) is 2.71. The zero-order chi connectivity index (χ0) is 12.5. The van der Waals surface area contributed by atoms with Crippen LogP contribution >= 0.6 is 0 Å². The Morgan fingerprint density at radius 3 is 2.59 bits per heavy atom. The minimum absolute atomic E-state index is 0.0694. The Labute approximate surface area is 96.7 Å². The molecule has 17 heavy (non-hydrogen) atoms. The van der Waals surface area contributed by atoms with E-state index in [-0.39, 0.29) is 5.56 Å². The molecule has 0 bridgehead atoms. The van der Waals surface area contributed by atoms with Crippen molar-refractivity contribution in [3.63, 3.8) is 0 Å². The molecule has 0 saturated heterocycles. The first-order valence-corrected chi connectivity index (χ1v) is 5.29. The predicted octanol–water partition coefficient (Wildman–Crippen LogP) is 0.112. The highest BCUT2D eigenvalue weighted by Gasteiger charge is 2.45. The summed E-state index contributed by atoms with van der Waals surface area (Å²) in [4.78, 5) is 36.6. The lowest BCUT2D eigenvalue weighted by atomic mass is 9.76. The molecule has 1 amide bonds. The van der Waals surface area contributed by atoms with Crippen LogP contribution in [0.2, 0.25) is 0 Å². The van der Waals surface area contributed by atoms with Gasteiger partial charge < -0.3 is 15.4 Å². The number of carboxylic acids is 1. The van der Waals surface area contributed by atoms with Gasteiger partial charge in [0.05, 0.1) is 0 Å². The van der Waals surface area contributed by atoms with Gasteiger partial charge in [-0.3, -0.25) is 9.59 Å². The molecule has 3 N–H and O–H groups in total. The Morgan fingerprint density at radius 2 is 2.12 bits per heavy atom. The predicted molar refractivity (Wildman–Crippen MR) is 58.7 cm³/mol. The SMILES string of the molecule is O=C(NC1(C(=O)O)CCC1)c1ccc[nH]c1=O. The van der Waals surface area contributed by atoms with E-state index in [4.69, 9.17) is 5.11 Å². The monoisotopic (exact) mass is 236 g/mol. The van der Waals surface area contributed by atoms with E-state index in [2.05, 4.69) is 10.3 Å². The van der Waals surface area contributed by atoms with E-state index < -0.39 is 23.0 Å². The molecule has 1 aliphatic rings. The van der Waals surface area contributed by atoms with E-state index in [9.17, 15) is 14.4 Å². The molecule has 1 aromatic heterocycles. The van der Waals surface area contributed by atoms with Crippen molar-refractivity contribution in [2.24, 2.45) is 0 Å². The molecule has 2 rings (SSSR count). The molecule has 0 atom stereocenters. The summed E-state index contributed by atoms with van der Waals surface area (Å²) < 4.78 is 0. The van der Waals surface area contributed by atoms with Crippen LogP contribution in [0.5, 0.6) is 0 Å². The quantitative estimate of drug-likeness (QED) is 0.693. The zero-order valence-electron chi connectivity index (χ0n) is 9.03. The van der Waals surface area contributed by atoms with Crippen LogP contribution in [0.1, 0.15) is 29.6 Å². The summed E-state index contributed by atoms with van der Waals surface area (Å²) >= 11 is 0. The molecule has 0 spiro atoms. The Hall–Kier alpha value is -2.11. The third kappa shape index (κ3) is 1.93. The largest absolute Gasteiger partial charge is 0.480 e. The number of pyridine rings is 1. The second-order valence-corrected chi connectivity index (χ2v) is 4.11. The average Bonchev–Trinajstić information content (AvgIpc) is 2.23. The molecule has 1 heterocycles. The number of H-pyrrole nitrogens is 1. The lowest BCUT2D eigenvalue weighted by molar-refractivity contribution is -0.148. The van der Waals surface area contributed by atoms with Crippen molar-refractivity contribution >= 4 is 11.9 Å². The zero-order valence-corrected chi connectivity index (χ0v) is 9.03. The molecule has 1 fully saturated rings. The van der Waals surface area contributed by atoms with Crippen molar-refractivity contribution in [3.05, 3.63) is 34.2 Å². The third-order valence-corrected chi connectivity index (χ3v) is 3.03. The van der Waals surface area contributed by atoms with Crippen molar-refractivity contribution in [3.8, 4) is 0 Å². The van der Waals surface area contributed by atoms with Gasteiger partial charge in [-0.15, -0.1) is 0 Å². The Bertz CT molecular complexity index is 516. The number of aromatic amines is 1. The van der Waals surface area contributed by atoms with Gasteiger partial charge in [-0.1, -0.05) is 0 Å². The van der Waals surface area contributed by atoms with Gasteiger partial charge in [0.1, 0.15) is 11.1 Å². The molecule has 0 radical (unpaired) electrons. The number of rotatable bonds is 3. The van der Waals surface area contributed by atoms with Gasteiger partial charge in [0.15, 0.2) is 0 Å². The normalized spacial score (nSPS) is 16.9. The van der Waals surface area contributed by atoms with Gasteiger partial charge in [-0.2, -0.15) is 0 Å². The summed E-state index contributed by atoms with van der Waals surface area (Å²) in [5.41, 5.74) is -1.79. The highest BCUT2D eigenvalue weighted by Crippen LogP contribution is 2.32. The number of aliphatic carboxylic acids is 1. The van der Waals surface area contributed by atoms with E-state index in [1.165, 1.54) is 18.3 Å². The lowest BCUT2D eigenvalue weighted by Crippen LogP contribution is -2.59. The summed E-state index contributed by atoms with van der Waals surface area (Å²) in [6.07, 6.45) is 2.98. The molecule has 6 nitrogen and oxygen atoms in total. The molecule has 6 heteroatoms. The fraction of sp³-hybridized carbons (Fsp3) is 0.364. The second kappa shape index (κ2) is 4.04. The fourth-order valence-electron chi connectivity index (χ4n) is 1.81. The molecular weight excluding hydrogens is 224 g/mol. The van der Waals surface area contributed by atoms with Gasteiger partial charge in [-0.05, 0) is 31.4 Å². The van der Waals surface area contributed by atoms with E-state index >= 15 is 0 Å². The smallest absolute Gasteiger partial charge is 0.329 e. The highest BCUT2D eigenvalue weighted by molar-refractivity contribution is 5.97. The van der Waals surface area contributed by atoms with Gasteiger partial charge in [0, 0.05) is 6.20 Å². The van der Waals surface area contributed by atoms with Crippen LogP contribution in [-0.2, 0) is 4.79 Å². The lowest BCUT2D eigenvalue weighted by Gasteiger charge is -2.38. The van der Waals surface area contributed by atoms with Crippen molar-refractivity contribution in [1.29, 1.82) is 0 Å². The molecule has 1 saturated carbocycles. The van der Waals surface area contributed by atoms with Crippen LogP contribution in [-0.4, -0.2) is 27.5 Å². The van der Waals surface area contributed by atoms with E-state index in [0.29, 0.717) is 12.8 Å². The van der Waals surface area contributed by atoms with Crippen LogP contribution in [0, 0.1) is 0 Å². The van der Waals surface area contributed by atoms with Crippen LogP contribution in [0.3, 0.4) is 0 Å². The molecule has 1 aromatic rings. The van der Waals surface area contributed by atoms with E-state index in [0.717, 1.165) is 6.42 Å². The van der Waals surface area contributed by atoms with Crippen molar-refractivity contribution in [2.45, 2.75) is 24.8 Å². The number of aromatic nitrogens is 1. The van der Waals surface area contributed by atoms with Crippen LogP contribution < -0.4 is 10.9 Å². The minimum Gasteiger partial charge on any atom is -0.480 e. The third-order valence-electron chi connectivity index (χ3n) is 3.03. The first-order chi connectivity index (χ1) is 8.05. The Morgan fingerprint density at radius 1 is 1.41 bits per heavy atom. The van der Waals surface area contributed by atoms with Crippen LogP contribution in [0.25, 0.3) is 0 Å². The first-order valence-electron chi connectivity index (χ1n) is 5.29. The number of carboxylic acid groups (broad SMARTS) is 1.